The zero-order chi connectivity index (χ0) is 21.0. The van der Waals surface area contributed by atoms with E-state index < -0.39 is 15.7 Å². The second-order valence-electron chi connectivity index (χ2n) is 6.67. The monoisotopic (exact) mass is 481 g/mol. The Morgan fingerprint density at radius 3 is 2.48 bits per heavy atom. The molecule has 0 unspecified atom stereocenters. The maximum absolute atomic E-state index is 14.2. The van der Waals surface area contributed by atoms with Crippen molar-refractivity contribution >= 4 is 31.7 Å². The van der Waals surface area contributed by atoms with Gasteiger partial charge in [0, 0.05) is 11.0 Å². The highest BCUT2D eigenvalue weighted by Crippen LogP contribution is 2.33. The van der Waals surface area contributed by atoms with E-state index in [1.165, 1.54) is 24.3 Å². The van der Waals surface area contributed by atoms with Crippen LogP contribution in [0.1, 0.15) is 6.42 Å². The predicted octanol–water partition coefficient (Wildman–Crippen LogP) is 4.44. The fourth-order valence-corrected chi connectivity index (χ4v) is 4.22. The molecule has 0 saturated heterocycles. The van der Waals surface area contributed by atoms with Gasteiger partial charge in [-0.1, -0.05) is 28.1 Å². The molecule has 1 aromatic heterocycles. The Bertz CT molecular complexity index is 1080. The van der Waals surface area contributed by atoms with Crippen LogP contribution in [-0.4, -0.2) is 45.5 Å². The number of hydrogen-bond acceptors (Lipinski definition) is 6. The molecule has 0 aliphatic carbocycles. The average Bonchev–Trinajstić information content (AvgIpc) is 3.10. The third-order valence-electron chi connectivity index (χ3n) is 4.15. The molecule has 0 amide bonds. The Balaban J connectivity index is 2.01. The number of nitrogens with zero attached hydrogens (tertiary/aromatic N) is 2. The molecule has 0 radical (unpaired) electrons. The quantitative estimate of drug-likeness (QED) is 0.479. The van der Waals surface area contributed by atoms with Gasteiger partial charge in [0.05, 0.1) is 10.5 Å². The summed E-state index contributed by atoms with van der Waals surface area (Å²) in [6.07, 6.45) is 0.764. The van der Waals surface area contributed by atoms with E-state index in [0.717, 1.165) is 17.4 Å². The lowest BCUT2D eigenvalue weighted by Gasteiger charge is -2.10. The van der Waals surface area contributed by atoms with Gasteiger partial charge >= 0.3 is 0 Å². The molecular weight excluding hydrogens is 461 g/mol. The van der Waals surface area contributed by atoms with Crippen molar-refractivity contribution in [3.63, 3.8) is 0 Å². The predicted molar refractivity (Wildman–Crippen MR) is 113 cm³/mol. The van der Waals surface area contributed by atoms with Crippen molar-refractivity contribution in [1.82, 2.24) is 9.88 Å². The van der Waals surface area contributed by atoms with Gasteiger partial charge in [0.25, 0.3) is 0 Å². The minimum absolute atomic E-state index is 0.00456. The number of hydrogen-bond donors (Lipinski definition) is 1. The summed E-state index contributed by atoms with van der Waals surface area (Å²) in [7, 11) is -0.0559. The number of benzene rings is 2. The molecule has 29 heavy (non-hydrogen) atoms. The number of sulfone groups is 1. The van der Waals surface area contributed by atoms with Crippen molar-refractivity contribution in [3.8, 4) is 11.5 Å². The molecule has 0 aliphatic rings. The van der Waals surface area contributed by atoms with Crippen LogP contribution in [0.25, 0.3) is 11.5 Å². The highest BCUT2D eigenvalue weighted by molar-refractivity contribution is 9.10. The Morgan fingerprint density at radius 1 is 1.14 bits per heavy atom. The molecule has 154 valence electrons. The van der Waals surface area contributed by atoms with Crippen LogP contribution in [0.5, 0.6) is 0 Å². The summed E-state index contributed by atoms with van der Waals surface area (Å²) >= 11 is 3.29. The van der Waals surface area contributed by atoms with Crippen LogP contribution in [0, 0.1) is 5.82 Å². The number of oxazole rings is 1. The second kappa shape index (κ2) is 9.06. The third kappa shape index (κ3) is 5.04. The maximum Gasteiger partial charge on any atom is 0.233 e. The molecule has 6 nitrogen and oxygen atoms in total. The van der Waals surface area contributed by atoms with Gasteiger partial charge in [-0.25, -0.2) is 12.8 Å². The Hall–Kier alpha value is -2.23. The van der Waals surface area contributed by atoms with Crippen LogP contribution in [0.3, 0.4) is 0 Å². The lowest BCUT2D eigenvalue weighted by atomic mass is 10.2. The van der Waals surface area contributed by atoms with Gasteiger partial charge in [0.1, 0.15) is 5.82 Å². The van der Waals surface area contributed by atoms with E-state index in [9.17, 15) is 12.8 Å². The first-order valence-electron chi connectivity index (χ1n) is 8.94. The van der Waals surface area contributed by atoms with Gasteiger partial charge in [0.2, 0.25) is 26.6 Å². The van der Waals surface area contributed by atoms with E-state index in [-0.39, 0.29) is 27.3 Å². The van der Waals surface area contributed by atoms with E-state index in [2.05, 4.69) is 26.2 Å². The van der Waals surface area contributed by atoms with Crippen molar-refractivity contribution in [1.29, 1.82) is 0 Å². The first kappa shape index (κ1) is 21.5. The topological polar surface area (TPSA) is 75.4 Å². The highest BCUT2D eigenvalue weighted by atomic mass is 79.9. The summed E-state index contributed by atoms with van der Waals surface area (Å²) < 4.78 is 46.9. The smallest absolute Gasteiger partial charge is 0.233 e. The zero-order valence-electron chi connectivity index (χ0n) is 16.0. The zero-order valence-corrected chi connectivity index (χ0v) is 18.4. The number of rotatable bonds is 8. The highest BCUT2D eigenvalue weighted by Gasteiger charge is 2.29. The molecular formula is C20H21BrFN3O3S. The fourth-order valence-electron chi connectivity index (χ4n) is 2.67. The van der Waals surface area contributed by atoms with Crippen LogP contribution in [0.2, 0.25) is 0 Å². The standard InChI is InChI=1S/C20H21BrFN3O3S/c1-25(2)13-5-12-23-19-20(29(26,27)15-10-8-14(21)9-11-15)24-18(28-19)16-6-3-4-7-17(16)22/h3-4,6-11,23H,5,12-13H2,1-2H3. The van der Waals surface area contributed by atoms with Crippen LogP contribution < -0.4 is 5.32 Å². The van der Waals surface area contributed by atoms with Crippen LogP contribution in [-0.2, 0) is 9.84 Å². The normalized spacial score (nSPS) is 11.8. The molecule has 0 saturated carbocycles. The number of nitrogens with one attached hydrogen (secondary N) is 1. The molecule has 9 heteroatoms. The minimum Gasteiger partial charge on any atom is -0.419 e. The molecule has 0 spiro atoms. The van der Waals surface area contributed by atoms with Gasteiger partial charge < -0.3 is 14.6 Å². The summed E-state index contributed by atoms with van der Waals surface area (Å²) in [5.41, 5.74) is 0.0982. The first-order valence-corrected chi connectivity index (χ1v) is 11.2. The molecule has 3 rings (SSSR count). The van der Waals surface area contributed by atoms with Crippen molar-refractivity contribution in [2.24, 2.45) is 0 Å². The summed E-state index contributed by atoms with van der Waals surface area (Å²) in [4.78, 5) is 6.24. The third-order valence-corrected chi connectivity index (χ3v) is 6.35. The van der Waals surface area contributed by atoms with E-state index in [4.69, 9.17) is 4.42 Å². The number of halogens is 2. The molecule has 3 aromatic rings. The van der Waals surface area contributed by atoms with Crippen LogP contribution in [0.4, 0.5) is 10.3 Å². The largest absolute Gasteiger partial charge is 0.419 e. The molecule has 1 heterocycles. The minimum atomic E-state index is -3.96. The second-order valence-corrected chi connectivity index (χ2v) is 9.45. The Kier molecular flexibility index (Phi) is 6.71. The van der Waals surface area contributed by atoms with E-state index >= 15 is 0 Å². The first-order chi connectivity index (χ1) is 13.8. The van der Waals surface area contributed by atoms with Crippen molar-refractivity contribution in [2.75, 3.05) is 32.5 Å². The fraction of sp³-hybridized carbons (Fsp3) is 0.250. The molecule has 0 fully saturated rings. The Morgan fingerprint density at radius 2 is 1.83 bits per heavy atom. The number of anilines is 1. The number of aromatic nitrogens is 1. The molecule has 2 aromatic carbocycles. The lowest BCUT2D eigenvalue weighted by molar-refractivity contribution is 0.404. The van der Waals surface area contributed by atoms with Crippen molar-refractivity contribution < 1.29 is 17.2 Å². The SMILES string of the molecule is CN(C)CCCNc1oc(-c2ccccc2F)nc1S(=O)(=O)c1ccc(Br)cc1. The van der Waals surface area contributed by atoms with Gasteiger partial charge in [-0.3, -0.25) is 0 Å². The van der Waals surface area contributed by atoms with Crippen molar-refractivity contribution in [2.45, 2.75) is 16.3 Å². The van der Waals surface area contributed by atoms with Gasteiger partial charge in [0.15, 0.2) is 0 Å². The average molecular weight is 482 g/mol. The summed E-state index contributed by atoms with van der Waals surface area (Å²) in [5, 5.41) is 2.74. The summed E-state index contributed by atoms with van der Waals surface area (Å²) in [6.45, 7) is 1.29. The molecule has 0 bridgehead atoms. The van der Waals surface area contributed by atoms with E-state index in [0.29, 0.717) is 6.54 Å². The van der Waals surface area contributed by atoms with Gasteiger partial charge in [-0.05, 0) is 63.5 Å². The Labute approximate surface area is 177 Å². The molecule has 0 aliphatic heterocycles. The molecule has 1 N–H and O–H groups in total. The summed E-state index contributed by atoms with van der Waals surface area (Å²) in [6, 6.07) is 12.2. The van der Waals surface area contributed by atoms with Gasteiger partial charge in [-0.2, -0.15) is 4.98 Å². The van der Waals surface area contributed by atoms with Gasteiger partial charge in [-0.15, -0.1) is 0 Å². The van der Waals surface area contributed by atoms with Crippen LogP contribution >= 0.6 is 15.9 Å². The summed E-state index contributed by atoms with van der Waals surface area (Å²) in [5.74, 6) is -0.626. The van der Waals surface area contributed by atoms with Crippen molar-refractivity contribution in [3.05, 3.63) is 58.8 Å². The maximum atomic E-state index is 14.2. The lowest BCUT2D eigenvalue weighted by Crippen LogP contribution is -2.17. The van der Waals surface area contributed by atoms with Crippen LogP contribution in [0.15, 0.2) is 67.3 Å². The van der Waals surface area contributed by atoms with E-state index in [1.54, 1.807) is 24.3 Å². The molecule has 0 atom stereocenters. The van der Waals surface area contributed by atoms with E-state index in [1.807, 2.05) is 19.0 Å².